The van der Waals surface area contributed by atoms with Gasteiger partial charge in [-0.05, 0) is 50.2 Å². The van der Waals surface area contributed by atoms with Crippen LogP contribution in [0.5, 0.6) is 0 Å². The van der Waals surface area contributed by atoms with Crippen LogP contribution in [0.2, 0.25) is 0 Å². The van der Waals surface area contributed by atoms with Gasteiger partial charge in [0.05, 0.1) is 18.6 Å². The molecule has 13 nitrogen and oxygen atoms in total. The van der Waals surface area contributed by atoms with E-state index in [-0.39, 0.29) is 38.6 Å². The number of fused-ring (bicyclic) bond motifs is 1. The number of halogens is 1. The number of rotatable bonds is 9. The van der Waals surface area contributed by atoms with Crippen molar-refractivity contribution >= 4 is 23.9 Å². The maximum atomic E-state index is 14.5. The number of urea groups is 2. The predicted molar refractivity (Wildman–Crippen MR) is 173 cm³/mol. The Morgan fingerprint density at radius 1 is 1.02 bits per heavy atom. The minimum Gasteiger partial charge on any atom is -0.381 e. The van der Waals surface area contributed by atoms with Crippen molar-refractivity contribution in [2.45, 2.75) is 116 Å². The summed E-state index contributed by atoms with van der Waals surface area (Å²) < 4.78 is 14.5. The van der Waals surface area contributed by atoms with Gasteiger partial charge < -0.3 is 41.7 Å². The van der Waals surface area contributed by atoms with Crippen LogP contribution in [0.3, 0.4) is 0 Å². The van der Waals surface area contributed by atoms with Crippen LogP contribution < -0.4 is 21.7 Å². The number of benzene rings is 1. The number of carbonyl (C=O) groups is 4. The van der Waals surface area contributed by atoms with Crippen LogP contribution in [0.4, 0.5) is 14.0 Å². The summed E-state index contributed by atoms with van der Waals surface area (Å²) in [6.07, 6.45) is 0.318. The van der Waals surface area contributed by atoms with Gasteiger partial charge in [-0.25, -0.2) is 14.0 Å². The first-order valence-corrected chi connectivity index (χ1v) is 16.5. The quantitative estimate of drug-likeness (QED) is 0.233. The number of aliphatic hydroxyl groups excluding tert-OH is 2. The Morgan fingerprint density at radius 3 is 2.26 bits per heavy atom. The number of nitrogens with two attached hydrogens (primary N) is 1. The molecule has 1 saturated heterocycles. The van der Waals surface area contributed by atoms with Crippen molar-refractivity contribution in [2.75, 3.05) is 19.6 Å². The highest BCUT2D eigenvalue weighted by Crippen LogP contribution is 2.32. The third-order valence-electron chi connectivity index (χ3n) is 9.35. The SMILES string of the molecule is CC(C)(C)NC(=O)N[C@H](C(O)N1CCN(C(=O)N2Cc3cccc(F)c3C2)[C@@H](C(=O)NC(CC2CCC2)C(O)C(N)=O)C1)C(C)(C)C. The third-order valence-corrected chi connectivity index (χ3v) is 9.35. The molecular formula is C33H52FN7O6. The molecule has 262 valence electrons. The maximum absolute atomic E-state index is 14.5. The number of carbonyl (C=O) groups excluding carboxylic acids is 4. The smallest absolute Gasteiger partial charge is 0.321 e. The van der Waals surface area contributed by atoms with Crippen molar-refractivity contribution in [2.24, 2.45) is 17.1 Å². The minimum absolute atomic E-state index is 0.0417. The standard InChI is InChI=1S/C33H52FN7O6/c1-32(2,3)26(37-30(46)38-33(4,5)6)29(45)39-13-14-41(31(47)40-16-20-11-8-12-22(34)21(20)17-40)24(18-39)28(44)36-23(25(42)27(35)43)15-19-9-7-10-19/h8,11-12,19,23-26,29,42,45H,7,9-10,13-18H2,1-6H3,(H2,35,43)(H,36,44)(H2,37,38,46)/t23?,24-,25?,26-,29?/m1/s1. The van der Waals surface area contributed by atoms with Gasteiger partial charge in [0, 0.05) is 37.3 Å². The summed E-state index contributed by atoms with van der Waals surface area (Å²) in [7, 11) is 0. The summed E-state index contributed by atoms with van der Waals surface area (Å²) in [6.45, 7) is 11.5. The Morgan fingerprint density at radius 2 is 1.70 bits per heavy atom. The average molecular weight is 662 g/mol. The van der Waals surface area contributed by atoms with E-state index in [4.69, 9.17) is 5.73 Å². The first-order valence-electron chi connectivity index (χ1n) is 16.5. The number of piperazine rings is 1. The largest absolute Gasteiger partial charge is 0.381 e. The number of primary amides is 1. The summed E-state index contributed by atoms with van der Waals surface area (Å²) in [5.74, 6) is -1.77. The number of amides is 6. The van der Waals surface area contributed by atoms with Gasteiger partial charge in [-0.15, -0.1) is 0 Å². The second kappa shape index (κ2) is 14.3. The number of nitrogens with one attached hydrogen (secondary N) is 3. The van der Waals surface area contributed by atoms with Crippen molar-refractivity contribution in [3.05, 3.63) is 35.1 Å². The molecule has 2 fully saturated rings. The highest BCUT2D eigenvalue weighted by atomic mass is 19.1. The van der Waals surface area contributed by atoms with E-state index in [0.29, 0.717) is 17.5 Å². The Labute approximate surface area is 276 Å². The van der Waals surface area contributed by atoms with Crippen molar-refractivity contribution in [3.8, 4) is 0 Å². The molecule has 0 radical (unpaired) electrons. The molecule has 2 aliphatic heterocycles. The second-order valence-electron chi connectivity index (χ2n) is 15.3. The number of hydrogen-bond donors (Lipinski definition) is 6. The maximum Gasteiger partial charge on any atom is 0.321 e. The van der Waals surface area contributed by atoms with Gasteiger partial charge in [0.25, 0.3) is 0 Å². The fourth-order valence-corrected chi connectivity index (χ4v) is 6.49. The Kier molecular flexibility index (Phi) is 11.1. The summed E-state index contributed by atoms with van der Waals surface area (Å²) in [5.41, 5.74) is 5.42. The molecule has 6 amide bonds. The molecule has 1 saturated carbocycles. The van der Waals surface area contributed by atoms with Gasteiger partial charge in [0.2, 0.25) is 11.8 Å². The molecule has 4 rings (SSSR count). The number of hydrogen-bond acceptors (Lipinski definition) is 7. The fraction of sp³-hybridized carbons (Fsp3) is 0.697. The number of aliphatic hydroxyl groups is 2. The van der Waals surface area contributed by atoms with Crippen LogP contribution in [-0.2, 0) is 22.7 Å². The van der Waals surface area contributed by atoms with E-state index < -0.39 is 71.1 Å². The Bertz CT molecular complexity index is 1330. The molecule has 14 heteroatoms. The zero-order valence-electron chi connectivity index (χ0n) is 28.4. The van der Waals surface area contributed by atoms with Gasteiger partial charge in [-0.3, -0.25) is 14.5 Å². The lowest BCUT2D eigenvalue weighted by molar-refractivity contribution is -0.135. The fourth-order valence-electron chi connectivity index (χ4n) is 6.49. The van der Waals surface area contributed by atoms with Gasteiger partial charge >= 0.3 is 12.1 Å². The molecule has 0 aromatic heterocycles. The van der Waals surface area contributed by atoms with Crippen LogP contribution in [0.1, 0.15) is 78.4 Å². The van der Waals surface area contributed by atoms with Crippen LogP contribution in [0.25, 0.3) is 0 Å². The normalized spacial score (nSPS) is 21.6. The Balaban J connectivity index is 1.59. The first kappa shape index (κ1) is 36.3. The zero-order valence-corrected chi connectivity index (χ0v) is 28.4. The van der Waals surface area contributed by atoms with Crippen molar-refractivity contribution in [1.29, 1.82) is 0 Å². The summed E-state index contributed by atoms with van der Waals surface area (Å²) in [6, 6.07) is 0.884. The van der Waals surface area contributed by atoms with Crippen LogP contribution in [0.15, 0.2) is 18.2 Å². The third kappa shape index (κ3) is 8.90. The second-order valence-corrected chi connectivity index (χ2v) is 15.3. The van der Waals surface area contributed by atoms with E-state index in [1.165, 1.54) is 15.9 Å². The molecule has 5 atom stereocenters. The molecular weight excluding hydrogens is 609 g/mol. The molecule has 3 unspecified atom stereocenters. The van der Waals surface area contributed by atoms with Gasteiger partial charge in [-0.1, -0.05) is 52.2 Å². The number of nitrogens with zero attached hydrogens (tertiary/aromatic N) is 3. The topological polar surface area (TPSA) is 181 Å². The molecule has 2 heterocycles. The van der Waals surface area contributed by atoms with Gasteiger partial charge in [0.1, 0.15) is 18.1 Å². The summed E-state index contributed by atoms with van der Waals surface area (Å²) in [5, 5.41) is 30.9. The molecule has 1 aromatic rings. The average Bonchev–Trinajstić information content (AvgIpc) is 3.40. The minimum atomic E-state index is -1.62. The van der Waals surface area contributed by atoms with E-state index in [1.54, 1.807) is 17.0 Å². The van der Waals surface area contributed by atoms with Crippen molar-refractivity contribution in [1.82, 2.24) is 30.7 Å². The molecule has 0 bridgehead atoms. The molecule has 3 aliphatic rings. The first-order chi connectivity index (χ1) is 21.9. The predicted octanol–water partition coefficient (Wildman–Crippen LogP) is 1.60. The summed E-state index contributed by atoms with van der Waals surface area (Å²) >= 11 is 0. The Hall–Kier alpha value is -3.49. The van der Waals surface area contributed by atoms with Crippen LogP contribution >= 0.6 is 0 Å². The lowest BCUT2D eigenvalue weighted by Gasteiger charge is -2.47. The van der Waals surface area contributed by atoms with Gasteiger partial charge in [0.15, 0.2) is 6.10 Å². The lowest BCUT2D eigenvalue weighted by Crippen LogP contribution is -2.68. The molecule has 47 heavy (non-hydrogen) atoms. The van der Waals surface area contributed by atoms with Crippen LogP contribution in [-0.4, -0.2) is 104 Å². The van der Waals surface area contributed by atoms with Crippen LogP contribution in [0, 0.1) is 17.2 Å². The van der Waals surface area contributed by atoms with E-state index >= 15 is 0 Å². The van der Waals surface area contributed by atoms with Crippen molar-refractivity contribution in [3.63, 3.8) is 0 Å². The van der Waals surface area contributed by atoms with E-state index in [0.717, 1.165) is 19.3 Å². The lowest BCUT2D eigenvalue weighted by atomic mass is 9.79. The highest BCUT2D eigenvalue weighted by Gasteiger charge is 2.45. The van der Waals surface area contributed by atoms with E-state index in [9.17, 15) is 33.8 Å². The summed E-state index contributed by atoms with van der Waals surface area (Å²) in [4.78, 5) is 57.4. The van der Waals surface area contributed by atoms with E-state index in [2.05, 4.69) is 16.0 Å². The van der Waals surface area contributed by atoms with Gasteiger partial charge in [-0.2, -0.15) is 0 Å². The molecule has 7 N–H and O–H groups in total. The monoisotopic (exact) mass is 661 g/mol. The highest BCUT2D eigenvalue weighted by molar-refractivity contribution is 5.89. The molecule has 0 spiro atoms. The molecule has 1 aromatic carbocycles. The zero-order chi connectivity index (χ0) is 34.8. The molecule has 1 aliphatic carbocycles. The van der Waals surface area contributed by atoms with Crippen molar-refractivity contribution < 1.29 is 33.8 Å². The van der Waals surface area contributed by atoms with E-state index in [1.807, 2.05) is 41.5 Å².